The van der Waals surface area contributed by atoms with Gasteiger partial charge in [0, 0.05) is 17.3 Å². The number of benzene rings is 2. The molecular weight excluding hydrogens is 276 g/mol. The van der Waals surface area contributed by atoms with Crippen molar-refractivity contribution >= 4 is 27.7 Å². The van der Waals surface area contributed by atoms with E-state index in [4.69, 9.17) is 0 Å². The predicted molar refractivity (Wildman–Crippen MR) is 88.9 cm³/mol. The Balaban J connectivity index is 2.25. The molecule has 4 heteroatoms. The van der Waals surface area contributed by atoms with E-state index >= 15 is 0 Å². The minimum absolute atomic E-state index is 0.00560. The number of carbonyl (C=O) groups excluding carboxylic acids is 1. The van der Waals surface area contributed by atoms with Gasteiger partial charge >= 0.3 is 0 Å². The van der Waals surface area contributed by atoms with Gasteiger partial charge < -0.3 is 9.88 Å². The average molecular weight is 292 g/mol. The second-order valence-electron chi connectivity index (χ2n) is 5.04. The van der Waals surface area contributed by atoms with Gasteiger partial charge in [0.15, 0.2) is 5.43 Å². The second-order valence-corrected chi connectivity index (χ2v) is 5.04. The van der Waals surface area contributed by atoms with Gasteiger partial charge in [-0.15, -0.1) is 6.58 Å². The lowest BCUT2D eigenvalue weighted by molar-refractivity contribution is -0.121. The van der Waals surface area contributed by atoms with Gasteiger partial charge in [-0.3, -0.25) is 9.59 Å². The third-order valence-corrected chi connectivity index (χ3v) is 3.62. The van der Waals surface area contributed by atoms with Crippen molar-refractivity contribution in [3.05, 3.63) is 71.4 Å². The third kappa shape index (κ3) is 2.39. The first-order chi connectivity index (χ1) is 10.7. The second kappa shape index (κ2) is 5.85. The first-order valence-electron chi connectivity index (χ1n) is 7.10. The SMILES string of the molecule is C=CCNC(=O)Cn1c2ccccc2c(=O)c2ccccc21. The Morgan fingerprint density at radius 1 is 1.05 bits per heavy atom. The number of hydrogen-bond donors (Lipinski definition) is 1. The van der Waals surface area contributed by atoms with E-state index in [1.165, 1.54) is 0 Å². The highest BCUT2D eigenvalue weighted by Gasteiger charge is 2.12. The Bertz CT molecular complexity index is 865. The van der Waals surface area contributed by atoms with Gasteiger partial charge in [0.2, 0.25) is 5.91 Å². The summed E-state index contributed by atoms with van der Waals surface area (Å²) in [6, 6.07) is 14.7. The number of nitrogens with one attached hydrogen (secondary N) is 1. The molecule has 1 amide bonds. The summed E-state index contributed by atoms with van der Waals surface area (Å²) < 4.78 is 1.88. The molecule has 0 aliphatic carbocycles. The molecule has 1 aromatic heterocycles. The Morgan fingerprint density at radius 2 is 1.59 bits per heavy atom. The fourth-order valence-electron chi connectivity index (χ4n) is 2.63. The molecule has 110 valence electrons. The number of carbonyl (C=O) groups is 1. The maximum atomic E-state index is 12.6. The van der Waals surface area contributed by atoms with Crippen molar-refractivity contribution < 1.29 is 4.79 Å². The maximum Gasteiger partial charge on any atom is 0.240 e. The summed E-state index contributed by atoms with van der Waals surface area (Å²) in [4.78, 5) is 24.7. The first kappa shape index (κ1) is 14.1. The smallest absolute Gasteiger partial charge is 0.240 e. The molecule has 1 heterocycles. The minimum Gasteiger partial charge on any atom is -0.351 e. The van der Waals surface area contributed by atoms with Crippen molar-refractivity contribution in [3.63, 3.8) is 0 Å². The standard InChI is InChI=1S/C18H16N2O2/c1-2-11-19-17(21)12-20-15-9-5-3-7-13(15)18(22)14-8-4-6-10-16(14)20/h2-10H,1,11-12H2,(H,19,21). The lowest BCUT2D eigenvalue weighted by Gasteiger charge is -2.14. The summed E-state index contributed by atoms with van der Waals surface area (Å²) in [6.45, 7) is 4.18. The van der Waals surface area contributed by atoms with Gasteiger partial charge in [-0.2, -0.15) is 0 Å². The summed E-state index contributed by atoms with van der Waals surface area (Å²) in [5, 5.41) is 4.01. The molecule has 0 fully saturated rings. The van der Waals surface area contributed by atoms with E-state index in [1.54, 1.807) is 18.2 Å². The average Bonchev–Trinajstić information content (AvgIpc) is 2.57. The maximum absolute atomic E-state index is 12.6. The van der Waals surface area contributed by atoms with Crippen LogP contribution in [0.4, 0.5) is 0 Å². The van der Waals surface area contributed by atoms with Crippen LogP contribution < -0.4 is 10.7 Å². The van der Waals surface area contributed by atoms with Crippen molar-refractivity contribution in [2.45, 2.75) is 6.54 Å². The fraction of sp³-hybridized carbons (Fsp3) is 0.111. The number of fused-ring (bicyclic) bond motifs is 2. The number of aromatic nitrogens is 1. The number of para-hydroxylation sites is 2. The summed E-state index contributed by atoms with van der Waals surface area (Å²) in [7, 11) is 0. The fourth-order valence-corrected chi connectivity index (χ4v) is 2.63. The van der Waals surface area contributed by atoms with E-state index in [9.17, 15) is 9.59 Å². The van der Waals surface area contributed by atoms with E-state index in [1.807, 2.05) is 41.0 Å². The van der Waals surface area contributed by atoms with Crippen LogP contribution in [0.1, 0.15) is 0 Å². The number of nitrogens with zero attached hydrogens (tertiary/aromatic N) is 1. The largest absolute Gasteiger partial charge is 0.351 e. The van der Waals surface area contributed by atoms with Crippen molar-refractivity contribution in [1.29, 1.82) is 0 Å². The molecule has 2 aromatic carbocycles. The van der Waals surface area contributed by atoms with Gasteiger partial charge in [-0.1, -0.05) is 30.3 Å². The van der Waals surface area contributed by atoms with E-state index in [2.05, 4.69) is 11.9 Å². The van der Waals surface area contributed by atoms with Crippen molar-refractivity contribution in [3.8, 4) is 0 Å². The molecule has 0 aliphatic heterocycles. The third-order valence-electron chi connectivity index (χ3n) is 3.62. The van der Waals surface area contributed by atoms with Crippen LogP contribution >= 0.6 is 0 Å². The zero-order valence-corrected chi connectivity index (χ0v) is 12.1. The number of hydrogen-bond acceptors (Lipinski definition) is 2. The Hall–Kier alpha value is -2.88. The molecule has 22 heavy (non-hydrogen) atoms. The number of pyridine rings is 1. The Labute approximate surface area is 127 Å². The monoisotopic (exact) mass is 292 g/mol. The molecule has 0 unspecified atom stereocenters. The molecule has 0 spiro atoms. The lowest BCUT2D eigenvalue weighted by atomic mass is 10.1. The molecular formula is C18H16N2O2. The summed E-state index contributed by atoms with van der Waals surface area (Å²) in [5.74, 6) is -0.112. The van der Waals surface area contributed by atoms with E-state index < -0.39 is 0 Å². The van der Waals surface area contributed by atoms with Crippen molar-refractivity contribution in [1.82, 2.24) is 9.88 Å². The van der Waals surface area contributed by atoms with Crippen LogP contribution in [0.25, 0.3) is 21.8 Å². The zero-order chi connectivity index (χ0) is 15.5. The Morgan fingerprint density at radius 3 is 2.14 bits per heavy atom. The van der Waals surface area contributed by atoms with Gasteiger partial charge in [-0.05, 0) is 24.3 Å². The molecule has 0 saturated heterocycles. The zero-order valence-electron chi connectivity index (χ0n) is 12.1. The lowest BCUT2D eigenvalue weighted by Crippen LogP contribution is -2.28. The topological polar surface area (TPSA) is 51.1 Å². The summed E-state index contributed by atoms with van der Waals surface area (Å²) in [5.41, 5.74) is 1.52. The molecule has 3 aromatic rings. The van der Waals surface area contributed by atoms with Crippen LogP contribution in [-0.4, -0.2) is 17.0 Å². The van der Waals surface area contributed by atoms with Gasteiger partial charge in [0.05, 0.1) is 11.0 Å². The van der Waals surface area contributed by atoms with Crippen LogP contribution in [0.2, 0.25) is 0 Å². The first-order valence-corrected chi connectivity index (χ1v) is 7.10. The molecule has 0 bridgehead atoms. The predicted octanol–water partition coefficient (Wildman–Crippen LogP) is 2.46. The van der Waals surface area contributed by atoms with Crippen molar-refractivity contribution in [2.24, 2.45) is 0 Å². The van der Waals surface area contributed by atoms with Crippen LogP contribution in [0.3, 0.4) is 0 Å². The minimum atomic E-state index is -0.112. The molecule has 0 saturated carbocycles. The van der Waals surface area contributed by atoms with Crippen LogP contribution in [0.15, 0.2) is 66.0 Å². The highest BCUT2D eigenvalue weighted by molar-refractivity contribution is 5.94. The Kier molecular flexibility index (Phi) is 3.74. The normalized spacial score (nSPS) is 10.7. The summed E-state index contributed by atoms with van der Waals surface area (Å²) in [6.07, 6.45) is 1.64. The van der Waals surface area contributed by atoms with E-state index in [0.717, 1.165) is 11.0 Å². The molecule has 0 atom stereocenters. The number of rotatable bonds is 4. The van der Waals surface area contributed by atoms with E-state index in [0.29, 0.717) is 17.3 Å². The number of amides is 1. The van der Waals surface area contributed by atoms with Gasteiger partial charge in [0.25, 0.3) is 0 Å². The molecule has 4 nitrogen and oxygen atoms in total. The van der Waals surface area contributed by atoms with Gasteiger partial charge in [0.1, 0.15) is 6.54 Å². The van der Waals surface area contributed by atoms with Crippen molar-refractivity contribution in [2.75, 3.05) is 6.54 Å². The molecule has 0 radical (unpaired) electrons. The van der Waals surface area contributed by atoms with Gasteiger partial charge in [-0.25, -0.2) is 0 Å². The molecule has 1 N–H and O–H groups in total. The van der Waals surface area contributed by atoms with Crippen LogP contribution in [-0.2, 0) is 11.3 Å². The van der Waals surface area contributed by atoms with Crippen LogP contribution in [0, 0.1) is 0 Å². The quantitative estimate of drug-likeness (QED) is 0.593. The molecule has 3 rings (SSSR count). The van der Waals surface area contributed by atoms with Crippen LogP contribution in [0.5, 0.6) is 0 Å². The molecule has 0 aliphatic rings. The highest BCUT2D eigenvalue weighted by atomic mass is 16.2. The highest BCUT2D eigenvalue weighted by Crippen LogP contribution is 2.18. The van der Waals surface area contributed by atoms with E-state index in [-0.39, 0.29) is 17.9 Å². The summed E-state index contributed by atoms with van der Waals surface area (Å²) >= 11 is 0.